The molecule has 0 aromatic rings. The van der Waals surface area contributed by atoms with Gasteiger partial charge >= 0.3 is 11.9 Å². The van der Waals surface area contributed by atoms with Crippen molar-refractivity contribution < 1.29 is 24.2 Å². The van der Waals surface area contributed by atoms with Gasteiger partial charge in [0.1, 0.15) is 6.61 Å². The largest absolute Gasteiger partial charge is 0.462 e. The van der Waals surface area contributed by atoms with Gasteiger partial charge in [0.05, 0.1) is 6.61 Å². The second-order valence-electron chi connectivity index (χ2n) is 22.9. The minimum Gasteiger partial charge on any atom is -0.462 e. The van der Waals surface area contributed by atoms with E-state index in [1.54, 1.807) is 0 Å². The summed E-state index contributed by atoms with van der Waals surface area (Å²) < 4.78 is 10.8. The van der Waals surface area contributed by atoms with Crippen LogP contribution in [-0.4, -0.2) is 36.4 Å². The number of unbranched alkanes of at least 4 members (excludes halogenated alkanes) is 41. The van der Waals surface area contributed by atoms with Gasteiger partial charge in [0, 0.05) is 12.8 Å². The molecule has 0 saturated carbocycles. The standard InChI is InChI=1S/C73H130O5/c1-3-5-7-9-11-13-15-17-19-21-23-25-27-29-30-31-32-33-34-35-36-37-38-39-40-41-42-44-45-47-49-51-53-55-57-59-61-63-65-67-72(75)77-70-71(69-74)78-73(76)68-66-64-62-60-58-56-54-52-50-48-46-43-28-26-24-22-20-18-16-14-12-10-8-6-4-2/h6,8,12,14-15,17-18,20-21,23-24,26-27,29,71,74H,3-5,7,9-11,13,16,19,22,25,28,30-70H2,1-2H3/b8-6-,14-12-,17-15-,20-18-,23-21-,26-24-,29-27-. The van der Waals surface area contributed by atoms with Gasteiger partial charge in [-0.05, 0) is 89.9 Å². The van der Waals surface area contributed by atoms with Gasteiger partial charge in [0.2, 0.25) is 0 Å². The summed E-state index contributed by atoms with van der Waals surface area (Å²) in [7, 11) is 0. The minimum absolute atomic E-state index is 0.0654. The number of hydrogen-bond donors (Lipinski definition) is 1. The summed E-state index contributed by atoms with van der Waals surface area (Å²) in [5.74, 6) is -0.579. The van der Waals surface area contributed by atoms with Crippen LogP contribution in [0.2, 0.25) is 0 Å². The first-order chi connectivity index (χ1) is 38.6. The van der Waals surface area contributed by atoms with Gasteiger partial charge in [-0.25, -0.2) is 0 Å². The summed E-state index contributed by atoms with van der Waals surface area (Å²) in [5.41, 5.74) is 0. The van der Waals surface area contributed by atoms with E-state index in [1.165, 1.54) is 244 Å². The van der Waals surface area contributed by atoms with Crippen LogP contribution in [0.5, 0.6) is 0 Å². The lowest BCUT2D eigenvalue weighted by atomic mass is 10.0. The zero-order chi connectivity index (χ0) is 56.2. The van der Waals surface area contributed by atoms with E-state index in [2.05, 4.69) is 98.9 Å². The van der Waals surface area contributed by atoms with Crippen LogP contribution in [0.3, 0.4) is 0 Å². The monoisotopic (exact) mass is 1090 g/mol. The van der Waals surface area contributed by atoms with Crippen LogP contribution in [0.1, 0.15) is 348 Å². The van der Waals surface area contributed by atoms with E-state index in [1.807, 2.05) is 0 Å². The van der Waals surface area contributed by atoms with Gasteiger partial charge in [-0.1, -0.05) is 330 Å². The Morgan fingerprint density at radius 1 is 0.308 bits per heavy atom. The van der Waals surface area contributed by atoms with Crippen molar-refractivity contribution in [3.05, 3.63) is 85.1 Å². The van der Waals surface area contributed by atoms with Crippen molar-refractivity contribution in [2.75, 3.05) is 13.2 Å². The third-order valence-corrected chi connectivity index (χ3v) is 15.2. The number of aliphatic hydroxyl groups is 1. The van der Waals surface area contributed by atoms with Gasteiger partial charge in [-0.2, -0.15) is 0 Å². The van der Waals surface area contributed by atoms with Crippen molar-refractivity contribution >= 4 is 11.9 Å². The average Bonchev–Trinajstić information content (AvgIpc) is 3.44. The Kier molecular flexibility index (Phi) is 65.8. The van der Waals surface area contributed by atoms with Crippen molar-refractivity contribution in [2.24, 2.45) is 0 Å². The Morgan fingerprint density at radius 2 is 0.551 bits per heavy atom. The van der Waals surface area contributed by atoms with Crippen LogP contribution in [-0.2, 0) is 19.1 Å². The van der Waals surface area contributed by atoms with Crippen LogP contribution < -0.4 is 0 Å². The fourth-order valence-corrected chi connectivity index (χ4v) is 10.1. The molecule has 5 heteroatoms. The highest BCUT2D eigenvalue weighted by molar-refractivity contribution is 5.70. The van der Waals surface area contributed by atoms with E-state index in [4.69, 9.17) is 9.47 Å². The maximum Gasteiger partial charge on any atom is 0.306 e. The average molecular weight is 1090 g/mol. The number of esters is 2. The maximum absolute atomic E-state index is 12.3. The molecule has 0 saturated heterocycles. The minimum atomic E-state index is -0.776. The van der Waals surface area contributed by atoms with Crippen molar-refractivity contribution in [3.63, 3.8) is 0 Å². The Hall–Kier alpha value is -2.92. The third kappa shape index (κ3) is 65.6. The van der Waals surface area contributed by atoms with E-state index in [0.717, 1.165) is 77.0 Å². The molecule has 452 valence electrons. The Balaban J connectivity index is 3.41. The zero-order valence-corrected chi connectivity index (χ0v) is 51.9. The Bertz CT molecular complexity index is 1420. The van der Waals surface area contributed by atoms with Crippen molar-refractivity contribution in [3.8, 4) is 0 Å². The molecule has 78 heavy (non-hydrogen) atoms. The van der Waals surface area contributed by atoms with E-state index in [-0.39, 0.29) is 25.2 Å². The van der Waals surface area contributed by atoms with Crippen LogP contribution >= 0.6 is 0 Å². The van der Waals surface area contributed by atoms with Gasteiger partial charge < -0.3 is 14.6 Å². The molecule has 0 aliphatic heterocycles. The molecule has 5 nitrogen and oxygen atoms in total. The molecular formula is C73H130O5. The van der Waals surface area contributed by atoms with Crippen molar-refractivity contribution in [1.29, 1.82) is 0 Å². The van der Waals surface area contributed by atoms with Crippen LogP contribution in [0.4, 0.5) is 0 Å². The van der Waals surface area contributed by atoms with Crippen molar-refractivity contribution in [2.45, 2.75) is 354 Å². The smallest absolute Gasteiger partial charge is 0.306 e. The molecule has 0 spiro atoms. The summed E-state index contributed by atoms with van der Waals surface area (Å²) in [6.45, 7) is 4.05. The fraction of sp³-hybridized carbons (Fsp3) is 0.781. The summed E-state index contributed by atoms with van der Waals surface area (Å²) in [4.78, 5) is 24.6. The van der Waals surface area contributed by atoms with E-state index in [0.29, 0.717) is 12.8 Å². The van der Waals surface area contributed by atoms with Gasteiger partial charge in [0.15, 0.2) is 6.10 Å². The third-order valence-electron chi connectivity index (χ3n) is 15.2. The molecule has 0 aliphatic carbocycles. The summed E-state index contributed by atoms with van der Waals surface area (Å²) in [6.07, 6.45) is 96.1. The molecule has 0 aromatic carbocycles. The highest BCUT2D eigenvalue weighted by atomic mass is 16.6. The van der Waals surface area contributed by atoms with Gasteiger partial charge in [0.25, 0.3) is 0 Å². The molecule has 0 bridgehead atoms. The fourth-order valence-electron chi connectivity index (χ4n) is 10.1. The molecule has 1 unspecified atom stereocenters. The second kappa shape index (κ2) is 68.4. The maximum atomic E-state index is 12.3. The molecule has 1 N–H and O–H groups in total. The second-order valence-corrected chi connectivity index (χ2v) is 22.9. The highest BCUT2D eigenvalue weighted by Gasteiger charge is 2.16. The van der Waals surface area contributed by atoms with E-state index < -0.39 is 6.10 Å². The zero-order valence-electron chi connectivity index (χ0n) is 51.9. The number of allylic oxidation sites excluding steroid dienone is 14. The predicted molar refractivity (Wildman–Crippen MR) is 343 cm³/mol. The Morgan fingerprint density at radius 3 is 0.833 bits per heavy atom. The van der Waals surface area contributed by atoms with Crippen LogP contribution in [0.15, 0.2) is 85.1 Å². The number of hydrogen-bond acceptors (Lipinski definition) is 5. The molecule has 0 rings (SSSR count). The SMILES string of the molecule is CC/C=C\C/C=C\C/C=C\C/C=C\CCCCCCCCCCCCCCC(=O)OC(CO)COC(=O)CCCCCCCCCCCCCCCCCCCCCCCCCC/C=C\C/C=C\C/C=C\CCCCCCC. The van der Waals surface area contributed by atoms with E-state index >= 15 is 0 Å². The lowest BCUT2D eigenvalue weighted by Crippen LogP contribution is -2.28. The molecule has 0 heterocycles. The molecule has 1 atom stereocenters. The molecule has 0 aromatic heterocycles. The lowest BCUT2D eigenvalue weighted by Gasteiger charge is -2.15. The summed E-state index contributed by atoms with van der Waals surface area (Å²) >= 11 is 0. The van der Waals surface area contributed by atoms with Crippen molar-refractivity contribution in [1.82, 2.24) is 0 Å². The quantitative estimate of drug-likeness (QED) is 0.0373. The first-order valence-corrected chi connectivity index (χ1v) is 34.1. The topological polar surface area (TPSA) is 72.8 Å². The van der Waals surface area contributed by atoms with Gasteiger partial charge in [-0.3, -0.25) is 9.59 Å². The molecule has 0 fully saturated rings. The molecule has 0 radical (unpaired) electrons. The normalized spacial score (nSPS) is 12.7. The molecular weight excluding hydrogens is 957 g/mol. The highest BCUT2D eigenvalue weighted by Crippen LogP contribution is 2.18. The number of carbonyl (C=O) groups excluding carboxylic acids is 2. The molecule has 0 amide bonds. The summed E-state index contributed by atoms with van der Waals surface area (Å²) in [6, 6.07) is 0. The van der Waals surface area contributed by atoms with Gasteiger partial charge in [-0.15, -0.1) is 0 Å². The van der Waals surface area contributed by atoms with Crippen LogP contribution in [0.25, 0.3) is 0 Å². The van der Waals surface area contributed by atoms with Crippen LogP contribution in [0, 0.1) is 0 Å². The first-order valence-electron chi connectivity index (χ1n) is 34.1. The lowest BCUT2D eigenvalue weighted by molar-refractivity contribution is -0.161. The summed E-state index contributed by atoms with van der Waals surface area (Å²) in [5, 5.41) is 9.69. The first kappa shape index (κ1) is 75.1. The number of ether oxygens (including phenoxy) is 2. The Labute approximate surface area is 486 Å². The number of carbonyl (C=O) groups is 2. The molecule has 0 aliphatic rings. The number of rotatable bonds is 63. The predicted octanol–water partition coefficient (Wildman–Crippen LogP) is 23.7. The van der Waals surface area contributed by atoms with E-state index in [9.17, 15) is 14.7 Å². The number of aliphatic hydroxyl groups excluding tert-OH is 1.